The Hall–Kier alpha value is 0.140. The first kappa shape index (κ1) is 12.6. The van der Waals surface area contributed by atoms with Crippen molar-refractivity contribution in [1.82, 2.24) is 4.90 Å². The van der Waals surface area contributed by atoms with Gasteiger partial charge in [-0.1, -0.05) is 26.2 Å². The number of thiophene rings is 1. The minimum Gasteiger partial charge on any atom is -0.296 e. The molecule has 0 saturated heterocycles. The van der Waals surface area contributed by atoms with Crippen molar-refractivity contribution in [3.8, 4) is 0 Å². The molecular formula is C13H20BrNS. The molecule has 0 bridgehead atoms. The van der Waals surface area contributed by atoms with Gasteiger partial charge in [-0.2, -0.15) is 0 Å². The fraction of sp³-hybridized carbons (Fsp3) is 0.692. The highest BCUT2D eigenvalue weighted by Crippen LogP contribution is 2.28. The van der Waals surface area contributed by atoms with Crippen molar-refractivity contribution in [3.05, 3.63) is 20.8 Å². The lowest BCUT2D eigenvalue weighted by Gasteiger charge is -2.33. The Morgan fingerprint density at radius 3 is 2.69 bits per heavy atom. The van der Waals surface area contributed by atoms with E-state index in [2.05, 4.69) is 39.2 Å². The molecule has 1 heterocycles. The van der Waals surface area contributed by atoms with Gasteiger partial charge in [-0.05, 0) is 46.8 Å². The summed E-state index contributed by atoms with van der Waals surface area (Å²) in [4.78, 5) is 4.13. The first-order valence-corrected chi connectivity index (χ1v) is 7.94. The molecule has 1 nitrogen and oxygen atoms in total. The van der Waals surface area contributed by atoms with E-state index in [1.165, 1.54) is 48.0 Å². The predicted octanol–water partition coefficient (Wildman–Crippen LogP) is 4.67. The van der Waals surface area contributed by atoms with Gasteiger partial charge in [0.25, 0.3) is 0 Å². The molecule has 1 aliphatic carbocycles. The maximum atomic E-state index is 3.63. The van der Waals surface area contributed by atoms with Gasteiger partial charge in [-0.3, -0.25) is 4.90 Å². The van der Waals surface area contributed by atoms with Crippen LogP contribution in [0.25, 0.3) is 0 Å². The molecule has 0 radical (unpaired) electrons. The van der Waals surface area contributed by atoms with E-state index in [4.69, 9.17) is 0 Å². The summed E-state index contributed by atoms with van der Waals surface area (Å²) >= 11 is 5.50. The summed E-state index contributed by atoms with van der Waals surface area (Å²) in [6.45, 7) is 4.59. The van der Waals surface area contributed by atoms with Crippen LogP contribution in [0.2, 0.25) is 0 Å². The van der Waals surface area contributed by atoms with Gasteiger partial charge in [0.1, 0.15) is 0 Å². The van der Waals surface area contributed by atoms with Crippen LogP contribution >= 0.6 is 27.3 Å². The van der Waals surface area contributed by atoms with E-state index in [9.17, 15) is 0 Å². The molecule has 0 spiro atoms. The van der Waals surface area contributed by atoms with Gasteiger partial charge in [0, 0.05) is 21.9 Å². The van der Waals surface area contributed by atoms with E-state index >= 15 is 0 Å². The number of rotatable bonds is 4. The zero-order valence-electron chi connectivity index (χ0n) is 9.92. The Kier molecular flexibility index (Phi) is 4.86. The monoisotopic (exact) mass is 301 g/mol. The van der Waals surface area contributed by atoms with E-state index in [1.54, 1.807) is 0 Å². The van der Waals surface area contributed by atoms with E-state index in [1.807, 2.05) is 11.3 Å². The van der Waals surface area contributed by atoms with Crippen molar-refractivity contribution >= 4 is 27.3 Å². The lowest BCUT2D eigenvalue weighted by atomic mass is 9.94. The second-order valence-corrected chi connectivity index (χ2v) is 6.40. The highest BCUT2D eigenvalue weighted by molar-refractivity contribution is 9.10. The lowest BCUT2D eigenvalue weighted by Crippen LogP contribution is -2.35. The molecule has 0 N–H and O–H groups in total. The fourth-order valence-corrected chi connectivity index (χ4v) is 4.07. The summed E-state index contributed by atoms with van der Waals surface area (Å²) in [6, 6.07) is 2.99. The summed E-state index contributed by atoms with van der Waals surface area (Å²) < 4.78 is 1.28. The van der Waals surface area contributed by atoms with Gasteiger partial charge in [0.2, 0.25) is 0 Å². The Morgan fingerprint density at radius 2 is 2.12 bits per heavy atom. The molecule has 1 saturated carbocycles. The molecule has 3 heteroatoms. The average Bonchev–Trinajstić information content (AvgIpc) is 2.73. The normalized spacial score (nSPS) is 18.2. The van der Waals surface area contributed by atoms with E-state index in [0.717, 1.165) is 12.6 Å². The molecule has 1 fully saturated rings. The second kappa shape index (κ2) is 6.18. The summed E-state index contributed by atoms with van der Waals surface area (Å²) in [5, 5.41) is 2.17. The number of hydrogen-bond donors (Lipinski definition) is 0. The van der Waals surface area contributed by atoms with E-state index < -0.39 is 0 Å². The molecule has 2 rings (SSSR count). The Morgan fingerprint density at radius 1 is 1.38 bits per heavy atom. The summed E-state index contributed by atoms with van der Waals surface area (Å²) in [7, 11) is 0. The molecule has 1 aliphatic rings. The van der Waals surface area contributed by atoms with Crippen LogP contribution < -0.4 is 0 Å². The maximum absolute atomic E-state index is 3.63. The molecule has 0 amide bonds. The standard InChI is InChI=1S/C13H20BrNS/c1-2-15(11-6-4-3-5-7-11)10-13-12(14)8-9-16-13/h8-9,11H,2-7,10H2,1H3. The number of nitrogens with zero attached hydrogens (tertiary/aromatic N) is 1. The van der Waals surface area contributed by atoms with Crippen LogP contribution in [0.3, 0.4) is 0 Å². The van der Waals surface area contributed by atoms with Crippen molar-refractivity contribution in [3.63, 3.8) is 0 Å². The third-order valence-corrected chi connectivity index (χ3v) is 5.45. The molecule has 16 heavy (non-hydrogen) atoms. The van der Waals surface area contributed by atoms with Crippen molar-refractivity contribution in [2.75, 3.05) is 6.54 Å². The van der Waals surface area contributed by atoms with Gasteiger partial charge in [0.15, 0.2) is 0 Å². The van der Waals surface area contributed by atoms with E-state index in [-0.39, 0.29) is 0 Å². The van der Waals surface area contributed by atoms with Crippen molar-refractivity contribution < 1.29 is 0 Å². The molecule has 0 aliphatic heterocycles. The van der Waals surface area contributed by atoms with Crippen molar-refractivity contribution in [2.45, 2.75) is 51.6 Å². The highest BCUT2D eigenvalue weighted by atomic mass is 79.9. The largest absolute Gasteiger partial charge is 0.296 e. The van der Waals surface area contributed by atoms with Gasteiger partial charge in [-0.25, -0.2) is 0 Å². The lowest BCUT2D eigenvalue weighted by molar-refractivity contribution is 0.157. The first-order valence-electron chi connectivity index (χ1n) is 6.27. The molecular weight excluding hydrogens is 282 g/mol. The third kappa shape index (κ3) is 3.08. The molecule has 1 aromatic heterocycles. The van der Waals surface area contributed by atoms with Crippen LogP contribution in [0.5, 0.6) is 0 Å². The van der Waals surface area contributed by atoms with Gasteiger partial charge < -0.3 is 0 Å². The Balaban J connectivity index is 1.97. The second-order valence-electron chi connectivity index (χ2n) is 4.55. The van der Waals surface area contributed by atoms with Crippen LogP contribution in [0.1, 0.15) is 43.9 Å². The molecule has 90 valence electrons. The fourth-order valence-electron chi connectivity index (χ4n) is 2.57. The quantitative estimate of drug-likeness (QED) is 0.781. The van der Waals surface area contributed by atoms with E-state index in [0.29, 0.717) is 0 Å². The maximum Gasteiger partial charge on any atom is 0.0342 e. The Labute approximate surface area is 111 Å². The summed E-state index contributed by atoms with van der Waals surface area (Å²) in [6.07, 6.45) is 7.09. The third-order valence-electron chi connectivity index (χ3n) is 3.54. The summed E-state index contributed by atoms with van der Waals surface area (Å²) in [5.74, 6) is 0. The molecule has 1 aromatic rings. The average molecular weight is 302 g/mol. The van der Waals surface area contributed by atoms with Crippen LogP contribution in [-0.2, 0) is 6.54 Å². The zero-order valence-corrected chi connectivity index (χ0v) is 12.3. The zero-order chi connectivity index (χ0) is 11.4. The first-order chi connectivity index (χ1) is 7.81. The minimum atomic E-state index is 0.827. The summed E-state index contributed by atoms with van der Waals surface area (Å²) in [5.41, 5.74) is 0. The SMILES string of the molecule is CCN(Cc1sccc1Br)C1CCCCC1. The number of halogens is 1. The Bertz CT molecular complexity index is 317. The van der Waals surface area contributed by atoms with Crippen molar-refractivity contribution in [2.24, 2.45) is 0 Å². The van der Waals surface area contributed by atoms with Gasteiger partial charge >= 0.3 is 0 Å². The smallest absolute Gasteiger partial charge is 0.0342 e. The van der Waals surface area contributed by atoms with Crippen LogP contribution in [0.15, 0.2) is 15.9 Å². The predicted molar refractivity (Wildman–Crippen MR) is 75.0 cm³/mol. The van der Waals surface area contributed by atoms with Gasteiger partial charge in [0.05, 0.1) is 0 Å². The number of hydrogen-bond acceptors (Lipinski definition) is 2. The highest BCUT2D eigenvalue weighted by Gasteiger charge is 2.20. The molecule has 0 aromatic carbocycles. The topological polar surface area (TPSA) is 3.24 Å². The minimum absolute atomic E-state index is 0.827. The molecule has 0 unspecified atom stereocenters. The van der Waals surface area contributed by atoms with Crippen LogP contribution in [0.4, 0.5) is 0 Å². The molecule has 0 atom stereocenters. The van der Waals surface area contributed by atoms with Crippen LogP contribution in [-0.4, -0.2) is 17.5 Å². The van der Waals surface area contributed by atoms with Crippen LogP contribution in [0, 0.1) is 0 Å². The van der Waals surface area contributed by atoms with Crippen molar-refractivity contribution in [1.29, 1.82) is 0 Å². The van der Waals surface area contributed by atoms with Gasteiger partial charge in [-0.15, -0.1) is 11.3 Å².